The van der Waals surface area contributed by atoms with E-state index in [9.17, 15) is 9.59 Å². The number of carbonyl (C=O) groups is 2. The summed E-state index contributed by atoms with van der Waals surface area (Å²) in [5.74, 6) is -1.28. The molecule has 0 aromatic heterocycles. The number of unbranched alkanes of at least 4 members (excludes halogenated alkanes) is 1. The summed E-state index contributed by atoms with van der Waals surface area (Å²) in [6, 6.07) is 0. The van der Waals surface area contributed by atoms with Crippen molar-refractivity contribution in [1.29, 1.82) is 0 Å². The summed E-state index contributed by atoms with van der Waals surface area (Å²) in [6.07, 6.45) is 2.26. The molecule has 0 heterocycles. The SMILES string of the molecule is COC(=O)CC(CO)CCCCC(=O)O. The molecule has 0 aliphatic heterocycles. The maximum Gasteiger partial charge on any atom is 0.305 e. The fourth-order valence-corrected chi connectivity index (χ4v) is 1.29. The third-order valence-corrected chi connectivity index (χ3v) is 2.19. The number of ether oxygens (including phenoxy) is 1. The van der Waals surface area contributed by atoms with Crippen molar-refractivity contribution in [3.63, 3.8) is 0 Å². The van der Waals surface area contributed by atoms with Gasteiger partial charge in [0.1, 0.15) is 0 Å². The first-order valence-corrected chi connectivity index (χ1v) is 4.99. The Kier molecular flexibility index (Phi) is 7.62. The average Bonchev–Trinajstić information content (AvgIpc) is 2.21. The van der Waals surface area contributed by atoms with Gasteiger partial charge in [-0.15, -0.1) is 0 Å². The molecule has 1 unspecified atom stereocenters. The summed E-state index contributed by atoms with van der Waals surface area (Å²) in [7, 11) is 1.31. The van der Waals surface area contributed by atoms with Gasteiger partial charge in [-0.3, -0.25) is 9.59 Å². The van der Waals surface area contributed by atoms with Gasteiger partial charge in [-0.05, 0) is 18.8 Å². The Morgan fingerprint density at radius 2 is 2.00 bits per heavy atom. The first-order chi connectivity index (χ1) is 7.10. The molecule has 5 nitrogen and oxygen atoms in total. The molecule has 0 saturated heterocycles. The Labute approximate surface area is 89.0 Å². The number of hydrogen-bond acceptors (Lipinski definition) is 4. The normalized spacial score (nSPS) is 12.1. The molecular weight excluding hydrogens is 200 g/mol. The molecule has 0 aliphatic rings. The van der Waals surface area contributed by atoms with Crippen molar-refractivity contribution in [3.05, 3.63) is 0 Å². The van der Waals surface area contributed by atoms with Crippen molar-refractivity contribution in [2.24, 2.45) is 5.92 Å². The molecule has 2 N–H and O–H groups in total. The lowest BCUT2D eigenvalue weighted by molar-refractivity contribution is -0.142. The molecule has 0 aliphatic carbocycles. The number of methoxy groups -OCH3 is 1. The van der Waals surface area contributed by atoms with Crippen molar-refractivity contribution in [1.82, 2.24) is 0 Å². The second-order valence-corrected chi connectivity index (χ2v) is 3.47. The number of aliphatic hydroxyl groups is 1. The van der Waals surface area contributed by atoms with E-state index in [1.54, 1.807) is 0 Å². The predicted octanol–water partition coefficient (Wildman–Crippen LogP) is 0.803. The van der Waals surface area contributed by atoms with Crippen molar-refractivity contribution >= 4 is 11.9 Å². The van der Waals surface area contributed by atoms with Gasteiger partial charge in [0.25, 0.3) is 0 Å². The Morgan fingerprint density at radius 1 is 1.33 bits per heavy atom. The Bertz CT molecular complexity index is 202. The fraction of sp³-hybridized carbons (Fsp3) is 0.800. The van der Waals surface area contributed by atoms with Gasteiger partial charge in [0.05, 0.1) is 13.5 Å². The van der Waals surface area contributed by atoms with Crippen LogP contribution < -0.4 is 0 Å². The van der Waals surface area contributed by atoms with Crippen LogP contribution in [0.25, 0.3) is 0 Å². The number of hydrogen-bond donors (Lipinski definition) is 2. The van der Waals surface area contributed by atoms with E-state index in [1.807, 2.05) is 0 Å². The van der Waals surface area contributed by atoms with Crippen LogP contribution in [0.2, 0.25) is 0 Å². The number of carboxylic acids is 1. The topological polar surface area (TPSA) is 83.8 Å². The van der Waals surface area contributed by atoms with Gasteiger partial charge in [0.15, 0.2) is 0 Å². The maximum atomic E-state index is 10.9. The monoisotopic (exact) mass is 218 g/mol. The summed E-state index contributed by atoms with van der Waals surface area (Å²) >= 11 is 0. The highest BCUT2D eigenvalue weighted by atomic mass is 16.5. The van der Waals surface area contributed by atoms with Crippen LogP contribution in [-0.2, 0) is 14.3 Å². The van der Waals surface area contributed by atoms with E-state index >= 15 is 0 Å². The van der Waals surface area contributed by atoms with Crippen LogP contribution in [0.3, 0.4) is 0 Å². The number of aliphatic carboxylic acids is 1. The zero-order valence-corrected chi connectivity index (χ0v) is 8.94. The van der Waals surface area contributed by atoms with E-state index in [0.717, 1.165) is 0 Å². The summed E-state index contributed by atoms with van der Waals surface area (Å²) in [6.45, 7) is -0.0673. The summed E-state index contributed by atoms with van der Waals surface area (Å²) in [4.78, 5) is 21.1. The van der Waals surface area contributed by atoms with Gasteiger partial charge < -0.3 is 14.9 Å². The van der Waals surface area contributed by atoms with Crippen LogP contribution in [0, 0.1) is 5.92 Å². The number of carbonyl (C=O) groups excluding carboxylic acids is 1. The standard InChI is InChI=1S/C10H18O5/c1-15-10(14)6-8(7-11)4-2-3-5-9(12)13/h8,11H,2-7H2,1H3,(H,12,13). The number of esters is 1. The highest BCUT2D eigenvalue weighted by molar-refractivity contribution is 5.69. The molecule has 0 fully saturated rings. The molecule has 88 valence electrons. The van der Waals surface area contributed by atoms with Crippen LogP contribution in [0.1, 0.15) is 32.1 Å². The predicted molar refractivity (Wildman–Crippen MR) is 53.3 cm³/mol. The van der Waals surface area contributed by atoms with Gasteiger partial charge in [0, 0.05) is 13.0 Å². The first-order valence-electron chi connectivity index (χ1n) is 4.99. The minimum Gasteiger partial charge on any atom is -0.481 e. The highest BCUT2D eigenvalue weighted by Crippen LogP contribution is 2.13. The smallest absolute Gasteiger partial charge is 0.305 e. The molecular formula is C10H18O5. The second-order valence-electron chi connectivity index (χ2n) is 3.47. The van der Waals surface area contributed by atoms with E-state index in [2.05, 4.69) is 4.74 Å². The first kappa shape index (κ1) is 13.9. The van der Waals surface area contributed by atoms with Crippen LogP contribution in [0.5, 0.6) is 0 Å². The van der Waals surface area contributed by atoms with Crippen molar-refractivity contribution in [2.45, 2.75) is 32.1 Å². The van der Waals surface area contributed by atoms with Crippen LogP contribution in [-0.4, -0.2) is 35.9 Å². The molecule has 0 rings (SSSR count). The number of rotatable bonds is 8. The third kappa shape index (κ3) is 7.93. The summed E-state index contributed by atoms with van der Waals surface area (Å²) < 4.78 is 4.48. The second kappa shape index (κ2) is 8.23. The molecule has 5 heteroatoms. The van der Waals surface area contributed by atoms with Crippen molar-refractivity contribution in [3.8, 4) is 0 Å². The lowest BCUT2D eigenvalue weighted by atomic mass is 9.99. The van der Waals surface area contributed by atoms with Crippen LogP contribution in [0.15, 0.2) is 0 Å². The van der Waals surface area contributed by atoms with Gasteiger partial charge in [-0.2, -0.15) is 0 Å². The number of carboxylic acid groups (broad SMARTS) is 1. The van der Waals surface area contributed by atoms with Gasteiger partial charge in [-0.25, -0.2) is 0 Å². The Hall–Kier alpha value is -1.10. The summed E-state index contributed by atoms with van der Waals surface area (Å²) in [5, 5.41) is 17.4. The minimum atomic E-state index is -0.816. The molecule has 0 saturated carbocycles. The van der Waals surface area contributed by atoms with Gasteiger partial charge >= 0.3 is 11.9 Å². The molecule has 0 spiro atoms. The number of aliphatic hydroxyl groups excluding tert-OH is 1. The van der Waals surface area contributed by atoms with Gasteiger partial charge in [-0.1, -0.05) is 6.42 Å². The molecule has 1 atom stereocenters. The molecule has 0 bridgehead atoms. The van der Waals surface area contributed by atoms with E-state index in [0.29, 0.717) is 19.3 Å². The third-order valence-electron chi connectivity index (χ3n) is 2.19. The highest BCUT2D eigenvalue weighted by Gasteiger charge is 2.13. The lowest BCUT2D eigenvalue weighted by Crippen LogP contribution is -2.13. The van der Waals surface area contributed by atoms with E-state index in [-0.39, 0.29) is 31.3 Å². The van der Waals surface area contributed by atoms with Crippen LogP contribution >= 0.6 is 0 Å². The molecule has 0 aromatic carbocycles. The largest absolute Gasteiger partial charge is 0.481 e. The van der Waals surface area contributed by atoms with E-state index in [4.69, 9.17) is 10.2 Å². The molecule has 0 aromatic rings. The Balaban J connectivity index is 3.61. The maximum absolute atomic E-state index is 10.9. The fourth-order valence-electron chi connectivity index (χ4n) is 1.29. The average molecular weight is 218 g/mol. The quantitative estimate of drug-likeness (QED) is 0.465. The minimum absolute atomic E-state index is 0.0673. The summed E-state index contributed by atoms with van der Waals surface area (Å²) in [5.41, 5.74) is 0. The zero-order valence-electron chi connectivity index (χ0n) is 8.94. The zero-order chi connectivity index (χ0) is 11.7. The van der Waals surface area contributed by atoms with Crippen LogP contribution in [0.4, 0.5) is 0 Å². The van der Waals surface area contributed by atoms with Crippen molar-refractivity contribution in [2.75, 3.05) is 13.7 Å². The van der Waals surface area contributed by atoms with Crippen molar-refractivity contribution < 1.29 is 24.5 Å². The van der Waals surface area contributed by atoms with Gasteiger partial charge in [0.2, 0.25) is 0 Å². The van der Waals surface area contributed by atoms with E-state index < -0.39 is 5.97 Å². The Morgan fingerprint density at radius 3 is 2.47 bits per heavy atom. The lowest BCUT2D eigenvalue weighted by Gasteiger charge is -2.11. The molecule has 0 amide bonds. The van der Waals surface area contributed by atoms with E-state index in [1.165, 1.54) is 7.11 Å². The molecule has 15 heavy (non-hydrogen) atoms. The molecule has 0 radical (unpaired) electrons.